The van der Waals surface area contributed by atoms with Crippen molar-refractivity contribution in [3.05, 3.63) is 35.4 Å². The van der Waals surface area contributed by atoms with Gasteiger partial charge in [-0.05, 0) is 26.5 Å². The molecule has 1 saturated heterocycles. The summed E-state index contributed by atoms with van der Waals surface area (Å²) in [5.41, 5.74) is 1.85. The number of rotatable bonds is 3. The minimum atomic E-state index is -0.495. The lowest BCUT2D eigenvalue weighted by Gasteiger charge is -2.48. The van der Waals surface area contributed by atoms with Gasteiger partial charge < -0.3 is 9.64 Å². The number of likely N-dealkylation sites (tertiary alicyclic amines) is 1. The zero-order valence-corrected chi connectivity index (χ0v) is 15.1. The van der Waals surface area contributed by atoms with E-state index < -0.39 is 5.60 Å². The monoisotopic (exact) mass is 325 g/mol. The van der Waals surface area contributed by atoms with Crippen LogP contribution in [0, 0.1) is 12.8 Å². The normalized spacial score (nSPS) is 28.8. The first-order chi connectivity index (χ1) is 9.89. The molecule has 1 fully saturated rings. The maximum absolute atomic E-state index is 12.0. The Balaban J connectivity index is 0.00000242. The van der Waals surface area contributed by atoms with Crippen LogP contribution in [0.25, 0.3) is 0 Å². The van der Waals surface area contributed by atoms with E-state index >= 15 is 0 Å². The summed E-state index contributed by atoms with van der Waals surface area (Å²) >= 11 is 0. The van der Waals surface area contributed by atoms with Gasteiger partial charge in [-0.15, -0.1) is 12.4 Å². The average molecular weight is 326 g/mol. The zero-order chi connectivity index (χ0) is 15.6. The Morgan fingerprint density at radius 3 is 2.68 bits per heavy atom. The van der Waals surface area contributed by atoms with Crippen LogP contribution >= 0.6 is 12.4 Å². The minimum absolute atomic E-state index is 0. The van der Waals surface area contributed by atoms with Crippen LogP contribution in [0.5, 0.6) is 0 Å². The molecule has 1 aromatic rings. The van der Waals surface area contributed by atoms with Gasteiger partial charge in [0.1, 0.15) is 5.60 Å². The Morgan fingerprint density at radius 2 is 2.09 bits per heavy atom. The SMILES string of the molecule is CCC(=O)OC1(c2cccc(C)c2)CC(C)N(C)CC1C.Cl. The Morgan fingerprint density at radius 1 is 1.41 bits per heavy atom. The highest BCUT2D eigenvalue weighted by molar-refractivity contribution is 5.85. The molecule has 3 nitrogen and oxygen atoms in total. The van der Waals surface area contributed by atoms with E-state index in [4.69, 9.17) is 4.74 Å². The van der Waals surface area contributed by atoms with Crippen molar-refractivity contribution in [2.24, 2.45) is 5.92 Å². The third kappa shape index (κ3) is 3.64. The number of ether oxygens (including phenoxy) is 1. The molecule has 124 valence electrons. The number of hydrogen-bond acceptors (Lipinski definition) is 3. The molecule has 0 saturated carbocycles. The Bertz CT molecular complexity index is 520. The van der Waals surface area contributed by atoms with Crippen LogP contribution in [0.1, 0.15) is 44.7 Å². The maximum atomic E-state index is 12.0. The fraction of sp³-hybridized carbons (Fsp3) is 0.611. The summed E-state index contributed by atoms with van der Waals surface area (Å²) in [5.74, 6) is 0.163. The number of carbonyl (C=O) groups excluding carboxylic acids is 1. The second-order valence-electron chi connectivity index (χ2n) is 6.48. The molecule has 4 heteroatoms. The van der Waals surface area contributed by atoms with Crippen molar-refractivity contribution in [2.45, 2.75) is 52.2 Å². The van der Waals surface area contributed by atoms with Crippen LogP contribution in [0.2, 0.25) is 0 Å². The number of benzene rings is 1. The van der Waals surface area contributed by atoms with E-state index in [0.29, 0.717) is 12.5 Å². The molecule has 1 aromatic carbocycles. The number of piperidine rings is 1. The standard InChI is InChI=1S/C18H27NO2.ClH/c1-6-17(20)21-18(16-9-7-8-13(2)10-16)11-15(4)19(5)12-14(18)3;/h7-10,14-15H,6,11-12H2,1-5H3;1H. The number of carbonyl (C=O) groups is 1. The van der Waals surface area contributed by atoms with E-state index in [1.807, 2.05) is 6.92 Å². The molecule has 0 spiro atoms. The van der Waals surface area contributed by atoms with Crippen molar-refractivity contribution in [3.8, 4) is 0 Å². The number of aryl methyl sites for hydroxylation is 1. The maximum Gasteiger partial charge on any atom is 0.306 e. The van der Waals surface area contributed by atoms with Crippen molar-refractivity contribution in [2.75, 3.05) is 13.6 Å². The third-order valence-electron chi connectivity index (χ3n) is 4.80. The Labute approximate surface area is 140 Å². The van der Waals surface area contributed by atoms with E-state index in [2.05, 4.69) is 57.0 Å². The number of nitrogens with zero attached hydrogens (tertiary/aromatic N) is 1. The molecule has 22 heavy (non-hydrogen) atoms. The Hall–Kier alpha value is -1.06. The molecular formula is C18H28ClNO2. The van der Waals surface area contributed by atoms with E-state index in [1.54, 1.807) is 0 Å². The fourth-order valence-corrected chi connectivity index (χ4v) is 3.34. The average Bonchev–Trinajstić information content (AvgIpc) is 2.44. The van der Waals surface area contributed by atoms with Crippen molar-refractivity contribution < 1.29 is 9.53 Å². The van der Waals surface area contributed by atoms with E-state index in [-0.39, 0.29) is 24.3 Å². The molecule has 1 aliphatic heterocycles. The van der Waals surface area contributed by atoms with E-state index in [1.165, 1.54) is 5.56 Å². The van der Waals surface area contributed by atoms with Gasteiger partial charge in [-0.25, -0.2) is 0 Å². The molecule has 0 radical (unpaired) electrons. The molecule has 2 rings (SSSR count). The van der Waals surface area contributed by atoms with Gasteiger partial charge in [0.05, 0.1) is 0 Å². The second kappa shape index (κ2) is 7.47. The molecule has 3 unspecified atom stereocenters. The smallest absolute Gasteiger partial charge is 0.306 e. The molecule has 0 amide bonds. The lowest BCUT2D eigenvalue weighted by molar-refractivity contribution is -0.177. The van der Waals surface area contributed by atoms with Gasteiger partial charge in [0.15, 0.2) is 0 Å². The van der Waals surface area contributed by atoms with Crippen molar-refractivity contribution in [1.29, 1.82) is 0 Å². The highest BCUT2D eigenvalue weighted by atomic mass is 35.5. The van der Waals surface area contributed by atoms with Crippen LogP contribution in [0.3, 0.4) is 0 Å². The van der Waals surface area contributed by atoms with Crippen molar-refractivity contribution in [1.82, 2.24) is 4.90 Å². The van der Waals surface area contributed by atoms with E-state index in [0.717, 1.165) is 18.5 Å². The summed E-state index contributed by atoms with van der Waals surface area (Å²) in [7, 11) is 2.14. The molecule has 0 bridgehead atoms. The van der Waals surface area contributed by atoms with Crippen LogP contribution in [0.4, 0.5) is 0 Å². The first kappa shape index (κ1) is 19.0. The van der Waals surface area contributed by atoms with Gasteiger partial charge in [-0.3, -0.25) is 4.79 Å². The van der Waals surface area contributed by atoms with Crippen molar-refractivity contribution >= 4 is 18.4 Å². The first-order valence-electron chi connectivity index (χ1n) is 7.88. The zero-order valence-electron chi connectivity index (χ0n) is 14.3. The molecule has 1 heterocycles. The molecule has 0 N–H and O–H groups in total. The largest absolute Gasteiger partial charge is 0.454 e. The number of hydrogen-bond donors (Lipinski definition) is 0. The quantitative estimate of drug-likeness (QED) is 0.789. The lowest BCUT2D eigenvalue weighted by atomic mass is 9.74. The highest BCUT2D eigenvalue weighted by Crippen LogP contribution is 2.43. The molecule has 0 aromatic heterocycles. The van der Waals surface area contributed by atoms with Gasteiger partial charge in [-0.2, -0.15) is 0 Å². The molecule has 1 aliphatic rings. The number of halogens is 1. The summed E-state index contributed by atoms with van der Waals surface area (Å²) in [5, 5.41) is 0. The Kier molecular flexibility index (Phi) is 6.45. The first-order valence-corrected chi connectivity index (χ1v) is 7.88. The summed E-state index contributed by atoms with van der Waals surface area (Å²) < 4.78 is 6.03. The number of esters is 1. The topological polar surface area (TPSA) is 29.5 Å². The van der Waals surface area contributed by atoms with Gasteiger partial charge in [-0.1, -0.05) is 43.7 Å². The molecule has 0 aliphatic carbocycles. The van der Waals surface area contributed by atoms with E-state index in [9.17, 15) is 4.79 Å². The van der Waals surface area contributed by atoms with Gasteiger partial charge in [0.25, 0.3) is 0 Å². The van der Waals surface area contributed by atoms with Crippen LogP contribution < -0.4 is 0 Å². The predicted octanol–water partition coefficient (Wildman–Crippen LogP) is 3.93. The van der Waals surface area contributed by atoms with Crippen LogP contribution in [-0.4, -0.2) is 30.5 Å². The minimum Gasteiger partial charge on any atom is -0.454 e. The summed E-state index contributed by atoms with van der Waals surface area (Å²) in [6.07, 6.45) is 1.27. The summed E-state index contributed by atoms with van der Waals surface area (Å²) in [4.78, 5) is 14.4. The van der Waals surface area contributed by atoms with Gasteiger partial charge in [0, 0.05) is 31.3 Å². The predicted molar refractivity (Wildman–Crippen MR) is 92.4 cm³/mol. The van der Waals surface area contributed by atoms with Crippen molar-refractivity contribution in [3.63, 3.8) is 0 Å². The van der Waals surface area contributed by atoms with Crippen LogP contribution in [-0.2, 0) is 15.1 Å². The molecular weight excluding hydrogens is 298 g/mol. The summed E-state index contributed by atoms with van der Waals surface area (Å²) in [6, 6.07) is 8.80. The molecule has 3 atom stereocenters. The van der Waals surface area contributed by atoms with Gasteiger partial charge >= 0.3 is 5.97 Å². The summed E-state index contributed by atoms with van der Waals surface area (Å²) in [6.45, 7) is 9.27. The third-order valence-corrected chi connectivity index (χ3v) is 4.80. The lowest BCUT2D eigenvalue weighted by Crippen LogP contribution is -2.53. The van der Waals surface area contributed by atoms with Gasteiger partial charge in [0.2, 0.25) is 0 Å². The second-order valence-corrected chi connectivity index (χ2v) is 6.48. The van der Waals surface area contributed by atoms with Crippen LogP contribution in [0.15, 0.2) is 24.3 Å². The fourth-order valence-electron chi connectivity index (χ4n) is 3.34. The highest BCUT2D eigenvalue weighted by Gasteiger charge is 2.47.